The van der Waals surface area contributed by atoms with Crippen LogP contribution >= 0.6 is 11.3 Å². The van der Waals surface area contributed by atoms with Crippen LogP contribution in [-0.4, -0.2) is 62.9 Å². The first-order valence-corrected chi connectivity index (χ1v) is 9.81. The zero-order valence-electron chi connectivity index (χ0n) is 15.7. The summed E-state index contributed by atoms with van der Waals surface area (Å²) >= 11 is 1.53. The highest BCUT2D eigenvalue weighted by Crippen LogP contribution is 2.27. The maximum absolute atomic E-state index is 12.3. The van der Waals surface area contributed by atoms with Crippen molar-refractivity contribution in [1.29, 1.82) is 0 Å². The molecule has 1 aliphatic heterocycles. The predicted molar refractivity (Wildman–Crippen MR) is 104 cm³/mol. The van der Waals surface area contributed by atoms with Crippen molar-refractivity contribution in [3.05, 3.63) is 39.8 Å². The van der Waals surface area contributed by atoms with Gasteiger partial charge in [-0.1, -0.05) is 6.07 Å². The summed E-state index contributed by atoms with van der Waals surface area (Å²) in [6, 6.07) is 5.76. The van der Waals surface area contributed by atoms with Gasteiger partial charge in [0.05, 0.1) is 34.0 Å². The molecule has 0 unspecified atom stereocenters. The summed E-state index contributed by atoms with van der Waals surface area (Å²) in [6.45, 7) is 4.64. The second kappa shape index (κ2) is 9.68. The van der Waals surface area contributed by atoms with Crippen molar-refractivity contribution < 1.29 is 19.0 Å². The van der Waals surface area contributed by atoms with Gasteiger partial charge in [-0.2, -0.15) is 0 Å². The van der Waals surface area contributed by atoms with E-state index in [4.69, 9.17) is 14.2 Å². The smallest absolute Gasteiger partial charge is 0.270 e. The average Bonchev–Trinajstić information content (AvgIpc) is 3.17. The van der Waals surface area contributed by atoms with Gasteiger partial charge >= 0.3 is 0 Å². The highest BCUT2D eigenvalue weighted by molar-refractivity contribution is 7.09. The summed E-state index contributed by atoms with van der Waals surface area (Å²) in [4.78, 5) is 19.1. The largest absolute Gasteiger partial charge is 0.493 e. The van der Waals surface area contributed by atoms with E-state index in [2.05, 4.69) is 15.2 Å². The van der Waals surface area contributed by atoms with E-state index in [1.54, 1.807) is 14.2 Å². The van der Waals surface area contributed by atoms with Crippen LogP contribution in [0.2, 0.25) is 0 Å². The Kier molecular flexibility index (Phi) is 7.03. The molecule has 2 heterocycles. The third-order valence-electron chi connectivity index (χ3n) is 4.39. The fourth-order valence-electron chi connectivity index (χ4n) is 2.89. The van der Waals surface area contributed by atoms with Gasteiger partial charge in [-0.15, -0.1) is 11.3 Å². The molecule has 0 aliphatic carbocycles. The maximum Gasteiger partial charge on any atom is 0.270 e. The average molecular weight is 391 g/mol. The molecule has 1 aromatic carbocycles. The minimum absolute atomic E-state index is 0.139. The lowest BCUT2D eigenvalue weighted by atomic mass is 10.1. The van der Waals surface area contributed by atoms with Crippen LogP contribution in [0.5, 0.6) is 11.5 Å². The van der Waals surface area contributed by atoms with Gasteiger partial charge in [-0.05, 0) is 24.1 Å². The Bertz CT molecular complexity index is 759. The molecule has 2 aromatic rings. The SMILES string of the molecule is COc1ccc(CCNC(=O)c2csc(CN3CCOCC3)n2)cc1OC. The first-order valence-electron chi connectivity index (χ1n) is 8.93. The second-order valence-electron chi connectivity index (χ2n) is 6.21. The van der Waals surface area contributed by atoms with Crippen LogP contribution in [0.4, 0.5) is 0 Å². The van der Waals surface area contributed by atoms with Crippen LogP contribution in [0, 0.1) is 0 Å². The monoisotopic (exact) mass is 391 g/mol. The third-order valence-corrected chi connectivity index (χ3v) is 5.23. The van der Waals surface area contributed by atoms with Crippen LogP contribution in [0.3, 0.4) is 0 Å². The van der Waals surface area contributed by atoms with Gasteiger partial charge in [0, 0.05) is 25.0 Å². The van der Waals surface area contributed by atoms with Crippen molar-refractivity contribution >= 4 is 17.2 Å². The quantitative estimate of drug-likeness (QED) is 0.742. The summed E-state index contributed by atoms with van der Waals surface area (Å²) in [5, 5.41) is 5.71. The van der Waals surface area contributed by atoms with Crippen LogP contribution in [-0.2, 0) is 17.7 Å². The van der Waals surface area contributed by atoms with Crippen LogP contribution < -0.4 is 14.8 Å². The summed E-state index contributed by atoms with van der Waals surface area (Å²) in [5.41, 5.74) is 1.55. The molecule has 1 amide bonds. The number of amides is 1. The van der Waals surface area contributed by atoms with Gasteiger partial charge in [0.25, 0.3) is 5.91 Å². The lowest BCUT2D eigenvalue weighted by Crippen LogP contribution is -2.35. The minimum Gasteiger partial charge on any atom is -0.493 e. The Labute approximate surface area is 163 Å². The molecule has 8 heteroatoms. The van der Waals surface area contributed by atoms with Crippen LogP contribution in [0.25, 0.3) is 0 Å². The Balaban J connectivity index is 1.48. The Morgan fingerprint density at radius 1 is 1.26 bits per heavy atom. The molecule has 0 radical (unpaired) electrons. The Morgan fingerprint density at radius 2 is 2.04 bits per heavy atom. The van der Waals surface area contributed by atoms with Gasteiger partial charge in [0.15, 0.2) is 11.5 Å². The first-order chi connectivity index (χ1) is 13.2. The molecule has 1 N–H and O–H groups in total. The number of hydrogen-bond donors (Lipinski definition) is 1. The van der Waals surface area contributed by atoms with Crippen LogP contribution in [0.1, 0.15) is 21.1 Å². The highest BCUT2D eigenvalue weighted by atomic mass is 32.1. The van der Waals surface area contributed by atoms with Gasteiger partial charge in [0.2, 0.25) is 0 Å². The van der Waals surface area contributed by atoms with Gasteiger partial charge in [-0.3, -0.25) is 9.69 Å². The van der Waals surface area contributed by atoms with Gasteiger partial charge in [-0.25, -0.2) is 4.98 Å². The molecule has 1 fully saturated rings. The number of morpholine rings is 1. The lowest BCUT2D eigenvalue weighted by molar-refractivity contribution is 0.0341. The fraction of sp³-hybridized carbons (Fsp3) is 0.474. The number of carbonyl (C=O) groups is 1. The molecular weight excluding hydrogens is 366 g/mol. The number of ether oxygens (including phenoxy) is 3. The number of nitrogens with zero attached hydrogens (tertiary/aromatic N) is 2. The van der Waals surface area contributed by atoms with Crippen molar-refractivity contribution in [2.45, 2.75) is 13.0 Å². The molecule has 0 saturated carbocycles. The van der Waals surface area contributed by atoms with Crippen molar-refractivity contribution in [2.75, 3.05) is 47.1 Å². The lowest BCUT2D eigenvalue weighted by Gasteiger charge is -2.25. The summed E-state index contributed by atoms with van der Waals surface area (Å²) in [6.07, 6.45) is 0.705. The van der Waals surface area contributed by atoms with E-state index >= 15 is 0 Å². The molecule has 1 aromatic heterocycles. The van der Waals surface area contributed by atoms with E-state index in [1.165, 1.54) is 11.3 Å². The van der Waals surface area contributed by atoms with Crippen LogP contribution in [0.15, 0.2) is 23.6 Å². The van der Waals surface area contributed by atoms with E-state index in [1.807, 2.05) is 23.6 Å². The van der Waals surface area contributed by atoms with Crippen molar-refractivity contribution in [1.82, 2.24) is 15.2 Å². The topological polar surface area (TPSA) is 72.9 Å². The number of aromatic nitrogens is 1. The molecule has 7 nitrogen and oxygen atoms in total. The third kappa shape index (κ3) is 5.41. The van der Waals surface area contributed by atoms with E-state index in [9.17, 15) is 4.79 Å². The van der Waals surface area contributed by atoms with Crippen molar-refractivity contribution in [3.8, 4) is 11.5 Å². The fourth-order valence-corrected chi connectivity index (χ4v) is 3.70. The van der Waals surface area contributed by atoms with E-state index < -0.39 is 0 Å². The molecular formula is C19H25N3O4S. The summed E-state index contributed by atoms with van der Waals surface area (Å²) in [7, 11) is 3.22. The van der Waals surface area contributed by atoms with E-state index in [0.717, 1.165) is 43.4 Å². The standard InChI is InChI=1S/C19H25N3O4S/c1-24-16-4-3-14(11-17(16)25-2)5-6-20-19(23)15-13-27-18(21-15)12-22-7-9-26-10-8-22/h3-4,11,13H,5-10,12H2,1-2H3,(H,20,23). The second-order valence-corrected chi connectivity index (χ2v) is 7.15. The normalized spacial score (nSPS) is 14.7. The number of methoxy groups -OCH3 is 2. The van der Waals surface area contributed by atoms with E-state index in [-0.39, 0.29) is 5.91 Å². The molecule has 27 heavy (non-hydrogen) atoms. The Hall–Kier alpha value is -2.16. The number of nitrogens with one attached hydrogen (secondary N) is 1. The minimum atomic E-state index is -0.139. The van der Waals surface area contributed by atoms with E-state index in [0.29, 0.717) is 30.2 Å². The number of rotatable bonds is 8. The zero-order valence-corrected chi connectivity index (χ0v) is 16.5. The molecule has 146 valence electrons. The van der Waals surface area contributed by atoms with Crippen molar-refractivity contribution in [3.63, 3.8) is 0 Å². The number of hydrogen-bond acceptors (Lipinski definition) is 7. The van der Waals surface area contributed by atoms with Gasteiger partial charge in [0.1, 0.15) is 10.7 Å². The zero-order chi connectivity index (χ0) is 19.1. The summed E-state index contributed by atoms with van der Waals surface area (Å²) < 4.78 is 15.9. The van der Waals surface area contributed by atoms with Gasteiger partial charge < -0.3 is 19.5 Å². The molecule has 0 spiro atoms. The molecule has 3 rings (SSSR count). The number of benzene rings is 1. The molecule has 0 atom stereocenters. The highest BCUT2D eigenvalue weighted by Gasteiger charge is 2.15. The summed E-state index contributed by atoms with van der Waals surface area (Å²) in [5.74, 6) is 1.24. The number of carbonyl (C=O) groups excluding carboxylic acids is 1. The van der Waals surface area contributed by atoms with Crippen molar-refractivity contribution in [2.24, 2.45) is 0 Å². The molecule has 0 bridgehead atoms. The molecule has 1 saturated heterocycles. The Morgan fingerprint density at radius 3 is 2.78 bits per heavy atom. The predicted octanol–water partition coefficient (Wildman–Crippen LogP) is 1.96. The maximum atomic E-state index is 12.3. The number of thiazole rings is 1. The first kappa shape index (κ1) is 19.6. The molecule has 1 aliphatic rings.